The molecule has 120 valence electrons. The summed E-state index contributed by atoms with van der Waals surface area (Å²) in [6.07, 6.45) is 0. The standard InChI is InChI=1S/C14H30N2O4/c1-13(17)15-5-7-18-9-11-20-12-10-19-8-6-16-14(2,3)4/h16H,5-12H2,1-4H3,(H,15,17). The number of ether oxygens (including phenoxy) is 3. The molecule has 0 atom stereocenters. The van der Waals surface area contributed by atoms with E-state index in [1.807, 2.05) is 0 Å². The van der Waals surface area contributed by atoms with E-state index < -0.39 is 0 Å². The molecule has 0 saturated carbocycles. The average molecular weight is 290 g/mol. The predicted molar refractivity (Wildman–Crippen MR) is 78.9 cm³/mol. The minimum absolute atomic E-state index is 0.0389. The maximum Gasteiger partial charge on any atom is 0.216 e. The third-order valence-corrected chi connectivity index (χ3v) is 2.27. The molecule has 2 N–H and O–H groups in total. The Bertz CT molecular complexity index is 242. The molecular formula is C14H30N2O4. The van der Waals surface area contributed by atoms with Crippen molar-refractivity contribution < 1.29 is 19.0 Å². The summed E-state index contributed by atoms with van der Waals surface area (Å²) in [6, 6.07) is 0. The van der Waals surface area contributed by atoms with E-state index in [1.165, 1.54) is 6.92 Å². The van der Waals surface area contributed by atoms with Crippen molar-refractivity contribution in [2.45, 2.75) is 33.2 Å². The Labute approximate surface area is 122 Å². The van der Waals surface area contributed by atoms with Gasteiger partial charge in [-0.15, -0.1) is 0 Å². The molecule has 0 unspecified atom stereocenters. The van der Waals surface area contributed by atoms with Gasteiger partial charge in [-0.3, -0.25) is 4.79 Å². The Balaban J connectivity index is 3.05. The van der Waals surface area contributed by atoms with E-state index in [4.69, 9.17) is 14.2 Å². The molecule has 0 bridgehead atoms. The fourth-order valence-corrected chi connectivity index (χ4v) is 1.34. The van der Waals surface area contributed by atoms with Gasteiger partial charge in [0, 0.05) is 25.6 Å². The Morgan fingerprint density at radius 2 is 1.30 bits per heavy atom. The Morgan fingerprint density at radius 3 is 1.75 bits per heavy atom. The SMILES string of the molecule is CC(=O)NCCOCCOCCOCCNC(C)(C)C. The molecule has 0 fully saturated rings. The second kappa shape index (κ2) is 12.1. The number of nitrogens with one attached hydrogen (secondary N) is 2. The van der Waals surface area contributed by atoms with Crippen LogP contribution in [0.5, 0.6) is 0 Å². The van der Waals surface area contributed by atoms with Crippen molar-refractivity contribution in [3.63, 3.8) is 0 Å². The van der Waals surface area contributed by atoms with Crippen molar-refractivity contribution in [2.24, 2.45) is 0 Å². The smallest absolute Gasteiger partial charge is 0.216 e. The van der Waals surface area contributed by atoms with Gasteiger partial charge in [0.05, 0.1) is 39.6 Å². The van der Waals surface area contributed by atoms with E-state index in [-0.39, 0.29) is 11.4 Å². The molecule has 0 rings (SSSR count). The minimum atomic E-state index is -0.0389. The summed E-state index contributed by atoms with van der Waals surface area (Å²) in [5.41, 5.74) is 0.133. The molecule has 6 nitrogen and oxygen atoms in total. The van der Waals surface area contributed by atoms with Crippen LogP contribution >= 0.6 is 0 Å². The van der Waals surface area contributed by atoms with Crippen LogP contribution in [0, 0.1) is 0 Å². The monoisotopic (exact) mass is 290 g/mol. The van der Waals surface area contributed by atoms with Crippen molar-refractivity contribution in [3.05, 3.63) is 0 Å². The minimum Gasteiger partial charge on any atom is -0.378 e. The Morgan fingerprint density at radius 1 is 0.850 bits per heavy atom. The van der Waals surface area contributed by atoms with Gasteiger partial charge < -0.3 is 24.8 Å². The summed E-state index contributed by atoms with van der Waals surface area (Å²) in [6.45, 7) is 12.7. The van der Waals surface area contributed by atoms with Gasteiger partial charge in [0.25, 0.3) is 0 Å². The summed E-state index contributed by atoms with van der Waals surface area (Å²) >= 11 is 0. The summed E-state index contributed by atoms with van der Waals surface area (Å²) in [7, 11) is 0. The molecule has 0 aliphatic heterocycles. The number of carbonyl (C=O) groups excluding carboxylic acids is 1. The van der Waals surface area contributed by atoms with Gasteiger partial charge in [0.1, 0.15) is 0 Å². The molecule has 0 aliphatic rings. The van der Waals surface area contributed by atoms with Gasteiger partial charge >= 0.3 is 0 Å². The van der Waals surface area contributed by atoms with Crippen LogP contribution in [0.25, 0.3) is 0 Å². The molecule has 6 heteroatoms. The normalized spacial score (nSPS) is 11.6. The highest BCUT2D eigenvalue weighted by molar-refractivity contribution is 5.72. The summed E-state index contributed by atoms with van der Waals surface area (Å²) < 4.78 is 16.1. The molecular weight excluding hydrogens is 260 g/mol. The van der Waals surface area contributed by atoms with E-state index in [2.05, 4.69) is 31.4 Å². The maximum absolute atomic E-state index is 10.6. The molecule has 0 heterocycles. The molecule has 0 aromatic heterocycles. The zero-order chi connectivity index (χ0) is 15.3. The van der Waals surface area contributed by atoms with Gasteiger partial charge in [-0.2, -0.15) is 0 Å². The summed E-state index contributed by atoms with van der Waals surface area (Å²) in [4.78, 5) is 10.6. The van der Waals surface area contributed by atoms with E-state index in [1.54, 1.807) is 0 Å². The lowest BCUT2D eigenvalue weighted by Gasteiger charge is -2.20. The Hall–Kier alpha value is -0.690. The second-order valence-corrected chi connectivity index (χ2v) is 5.50. The van der Waals surface area contributed by atoms with Gasteiger partial charge in [-0.25, -0.2) is 0 Å². The van der Waals surface area contributed by atoms with Gasteiger partial charge in [-0.05, 0) is 20.8 Å². The van der Waals surface area contributed by atoms with Gasteiger partial charge in [0.15, 0.2) is 0 Å². The van der Waals surface area contributed by atoms with Crippen LogP contribution < -0.4 is 10.6 Å². The van der Waals surface area contributed by atoms with Crippen LogP contribution in [-0.4, -0.2) is 64.2 Å². The second-order valence-electron chi connectivity index (χ2n) is 5.50. The number of hydrogen-bond acceptors (Lipinski definition) is 5. The molecule has 0 aromatic carbocycles. The van der Waals surface area contributed by atoms with Crippen molar-refractivity contribution in [2.75, 3.05) is 52.7 Å². The van der Waals surface area contributed by atoms with Gasteiger partial charge in [0.2, 0.25) is 5.91 Å². The van der Waals surface area contributed by atoms with E-state index in [0.717, 1.165) is 6.54 Å². The van der Waals surface area contributed by atoms with Crippen LogP contribution in [0.4, 0.5) is 0 Å². The van der Waals surface area contributed by atoms with E-state index in [0.29, 0.717) is 46.2 Å². The number of hydrogen-bond donors (Lipinski definition) is 2. The molecule has 0 spiro atoms. The maximum atomic E-state index is 10.6. The number of carbonyl (C=O) groups is 1. The lowest BCUT2D eigenvalue weighted by molar-refractivity contribution is -0.119. The van der Waals surface area contributed by atoms with E-state index >= 15 is 0 Å². The first-order valence-corrected chi connectivity index (χ1v) is 7.14. The number of rotatable bonds is 12. The van der Waals surface area contributed by atoms with Crippen LogP contribution in [0.3, 0.4) is 0 Å². The van der Waals surface area contributed by atoms with Crippen molar-refractivity contribution in [1.82, 2.24) is 10.6 Å². The largest absolute Gasteiger partial charge is 0.378 e. The zero-order valence-corrected chi connectivity index (χ0v) is 13.3. The molecule has 0 aromatic rings. The highest BCUT2D eigenvalue weighted by atomic mass is 16.5. The first-order valence-electron chi connectivity index (χ1n) is 7.14. The predicted octanol–water partition coefficient (Wildman–Crippen LogP) is 0.560. The number of amides is 1. The zero-order valence-electron chi connectivity index (χ0n) is 13.3. The highest BCUT2D eigenvalue weighted by Crippen LogP contribution is 1.96. The van der Waals surface area contributed by atoms with E-state index in [9.17, 15) is 4.79 Å². The fourth-order valence-electron chi connectivity index (χ4n) is 1.34. The average Bonchev–Trinajstić information content (AvgIpc) is 2.33. The third-order valence-electron chi connectivity index (χ3n) is 2.27. The Kier molecular flexibility index (Phi) is 11.7. The summed E-state index contributed by atoms with van der Waals surface area (Å²) in [5.74, 6) is -0.0389. The lowest BCUT2D eigenvalue weighted by atomic mass is 10.1. The quantitative estimate of drug-likeness (QED) is 0.514. The van der Waals surface area contributed by atoms with Gasteiger partial charge in [-0.1, -0.05) is 0 Å². The van der Waals surface area contributed by atoms with Crippen LogP contribution in [0.15, 0.2) is 0 Å². The van der Waals surface area contributed by atoms with Crippen LogP contribution in [0.1, 0.15) is 27.7 Å². The molecule has 20 heavy (non-hydrogen) atoms. The first-order chi connectivity index (χ1) is 9.42. The fraction of sp³-hybridized carbons (Fsp3) is 0.929. The molecule has 1 amide bonds. The molecule has 0 radical (unpaired) electrons. The molecule has 0 saturated heterocycles. The topological polar surface area (TPSA) is 68.8 Å². The summed E-state index contributed by atoms with van der Waals surface area (Å²) in [5, 5.41) is 6.00. The first kappa shape index (κ1) is 19.3. The van der Waals surface area contributed by atoms with Crippen molar-refractivity contribution >= 4 is 5.91 Å². The van der Waals surface area contributed by atoms with Crippen LogP contribution in [0.2, 0.25) is 0 Å². The van der Waals surface area contributed by atoms with Crippen LogP contribution in [-0.2, 0) is 19.0 Å². The lowest BCUT2D eigenvalue weighted by Crippen LogP contribution is -2.38. The highest BCUT2D eigenvalue weighted by Gasteiger charge is 2.06. The van der Waals surface area contributed by atoms with Crippen molar-refractivity contribution in [3.8, 4) is 0 Å². The molecule has 0 aliphatic carbocycles. The third kappa shape index (κ3) is 17.3. The van der Waals surface area contributed by atoms with Crippen molar-refractivity contribution in [1.29, 1.82) is 0 Å².